The summed E-state index contributed by atoms with van der Waals surface area (Å²) in [4.78, 5) is 0. The Labute approximate surface area is 75.3 Å². The van der Waals surface area contributed by atoms with Gasteiger partial charge in [-0.25, -0.2) is 5.41 Å². The van der Waals surface area contributed by atoms with Crippen LogP contribution in [0.2, 0.25) is 0 Å². The fraction of sp³-hybridized carbons (Fsp3) is 0. The molecule has 0 unspecified atom stereocenters. The molecule has 0 rings (SSSR count). The Hall–Kier alpha value is -0.121. The van der Waals surface area contributed by atoms with Crippen LogP contribution in [0.15, 0.2) is 0 Å². The molecular weight excluding hydrogens is 227 g/mol. The summed E-state index contributed by atoms with van der Waals surface area (Å²) in [5, 5.41) is 13.4. The van der Waals surface area contributed by atoms with Crippen LogP contribution in [0.5, 0.6) is 0 Å². The third-order valence-corrected chi connectivity index (χ3v) is 0. The van der Waals surface area contributed by atoms with E-state index in [0.29, 0.717) is 0 Å². The zero-order valence-electron chi connectivity index (χ0n) is 4.47. The molecule has 0 spiro atoms. The van der Waals surface area contributed by atoms with Crippen LogP contribution in [0, 0.1) is 10.8 Å². The predicted molar refractivity (Wildman–Crippen MR) is 47.2 cm³/mol. The van der Waals surface area contributed by atoms with Crippen LogP contribution in [-0.4, -0.2) is 28.2 Å². The Bertz CT molecular complexity index is 86.6. The molecule has 0 aromatic carbocycles. The monoisotopic (exact) mass is 236 g/mol. The van der Waals surface area contributed by atoms with Crippen molar-refractivity contribution in [2.24, 2.45) is 11.5 Å². The van der Waals surface area contributed by atoms with E-state index in [0.717, 1.165) is 0 Å². The molecule has 56 valence electrons. The van der Waals surface area contributed by atoms with Gasteiger partial charge in [0.25, 0.3) is 0 Å². The topological polar surface area (TPSA) is 99.7 Å². The van der Waals surface area contributed by atoms with E-state index < -0.39 is 0 Å². The van der Waals surface area contributed by atoms with Crippen molar-refractivity contribution in [2.75, 3.05) is 0 Å². The summed E-state index contributed by atoms with van der Waals surface area (Å²) in [7, 11) is 0. The molecule has 0 atom stereocenters. The van der Waals surface area contributed by atoms with Gasteiger partial charge in [0.15, 0.2) is 5.96 Å². The number of nitrogens with two attached hydrogens (primary N) is 2. The maximum absolute atomic E-state index is 6.06. The molecule has 4 nitrogen and oxygen atoms in total. The fourth-order valence-corrected chi connectivity index (χ4v) is 0. The number of hydrogen-bond acceptors (Lipinski definition) is 3. The van der Waals surface area contributed by atoms with E-state index in [1.54, 1.807) is 5.16 Å². The van der Waals surface area contributed by atoms with Crippen LogP contribution in [0.3, 0.4) is 0 Å². The van der Waals surface area contributed by atoms with Crippen LogP contribution < -0.4 is 11.5 Å². The molecule has 0 saturated carbocycles. The van der Waals surface area contributed by atoms with Crippen LogP contribution in [0.4, 0.5) is 0 Å². The van der Waals surface area contributed by atoms with Crippen molar-refractivity contribution in [2.45, 2.75) is 0 Å². The van der Waals surface area contributed by atoms with Crippen molar-refractivity contribution in [3.05, 3.63) is 0 Å². The number of halogens is 1. The number of hydrogen-bond donors (Lipinski definition) is 4. The summed E-state index contributed by atoms with van der Waals surface area (Å²) in [5.74, 6) is -0.333. The van der Waals surface area contributed by atoms with Gasteiger partial charge < -0.3 is 11.5 Å². The summed E-state index contributed by atoms with van der Waals surface area (Å²) >= 11 is 3.81. The summed E-state index contributed by atoms with van der Waals surface area (Å²) in [6, 6.07) is 0. The summed E-state index contributed by atoms with van der Waals surface area (Å²) in [6.07, 6.45) is 0. The van der Waals surface area contributed by atoms with Crippen molar-refractivity contribution in [1.29, 1.82) is 10.8 Å². The first-order chi connectivity index (χ1) is 3.15. The molecule has 0 fully saturated rings. The first-order valence-corrected chi connectivity index (χ1v) is 1.69. The van der Waals surface area contributed by atoms with Crippen LogP contribution >= 0.6 is 24.6 Å². The SMILES string of the molecule is Cl.N=C(N)N.N=C=S.[SeH2]. The van der Waals surface area contributed by atoms with Gasteiger partial charge in [0.2, 0.25) is 0 Å². The van der Waals surface area contributed by atoms with Gasteiger partial charge in [-0.2, -0.15) is 0 Å². The van der Waals surface area contributed by atoms with Gasteiger partial charge in [-0.3, -0.25) is 5.41 Å². The zero-order chi connectivity index (χ0) is 6.28. The van der Waals surface area contributed by atoms with E-state index in [9.17, 15) is 0 Å². The maximum atomic E-state index is 6.06. The van der Waals surface area contributed by atoms with Crippen molar-refractivity contribution < 1.29 is 0 Å². The first kappa shape index (κ1) is 23.2. The molecule has 0 radical (unpaired) electrons. The second kappa shape index (κ2) is 24.8. The third-order valence-electron chi connectivity index (χ3n) is 0. The summed E-state index contributed by atoms with van der Waals surface area (Å²) < 4.78 is 0. The zero-order valence-corrected chi connectivity index (χ0v) is 8.20. The molecule has 6 N–H and O–H groups in total. The minimum absolute atomic E-state index is 0. The fourth-order valence-electron chi connectivity index (χ4n) is 0. The van der Waals surface area contributed by atoms with Gasteiger partial charge in [0.1, 0.15) is 0 Å². The molecule has 0 heterocycles. The van der Waals surface area contributed by atoms with E-state index >= 15 is 0 Å². The standard InChI is InChI=1S/CH5N3.CHNS.ClH.H2Se/c2-1(3)4;2-1-3;;/h(H5,2,3,4);2H;1H;1H2. The Morgan fingerprint density at radius 3 is 1.44 bits per heavy atom. The van der Waals surface area contributed by atoms with Gasteiger partial charge in [-0.15, -0.1) is 12.4 Å². The van der Waals surface area contributed by atoms with E-state index in [1.165, 1.54) is 0 Å². The van der Waals surface area contributed by atoms with Gasteiger partial charge in [0.05, 0.1) is 5.16 Å². The Balaban J connectivity index is -0.0000000233. The summed E-state index contributed by atoms with van der Waals surface area (Å²) in [6.45, 7) is 0. The second-order valence-electron chi connectivity index (χ2n) is 0.557. The molecule has 0 aliphatic rings. The van der Waals surface area contributed by atoms with Crippen LogP contribution in [0.1, 0.15) is 0 Å². The predicted octanol–water partition coefficient (Wildman–Crippen LogP) is -0.988. The molecule has 0 aliphatic carbocycles. The number of guanidine groups is 1. The molecule has 0 saturated heterocycles. The van der Waals surface area contributed by atoms with E-state index in [4.69, 9.17) is 10.8 Å². The van der Waals surface area contributed by atoms with Gasteiger partial charge in [-0.05, 0) is 12.2 Å². The van der Waals surface area contributed by atoms with Gasteiger partial charge in [-0.1, -0.05) is 0 Å². The minimum atomic E-state index is -0.333. The van der Waals surface area contributed by atoms with Crippen LogP contribution in [0.25, 0.3) is 0 Å². The average Bonchev–Trinajstić information content (AvgIpc) is 1.33. The van der Waals surface area contributed by atoms with E-state index in [2.05, 4.69) is 23.7 Å². The van der Waals surface area contributed by atoms with Crippen LogP contribution in [-0.2, 0) is 0 Å². The number of nitrogens with one attached hydrogen (secondary N) is 2. The van der Waals surface area contributed by atoms with Gasteiger partial charge >= 0.3 is 17.1 Å². The Morgan fingerprint density at radius 1 is 1.44 bits per heavy atom. The summed E-state index contributed by atoms with van der Waals surface area (Å²) in [5.41, 5.74) is 8.94. The Morgan fingerprint density at radius 2 is 1.44 bits per heavy atom. The molecule has 0 aromatic rings. The number of rotatable bonds is 0. The molecular formula is C2H9ClN4SSe. The van der Waals surface area contributed by atoms with Gasteiger partial charge in [0, 0.05) is 0 Å². The second-order valence-corrected chi connectivity index (χ2v) is 0.762. The third kappa shape index (κ3) is 18800. The Kier molecular flexibility index (Phi) is 63.7. The van der Waals surface area contributed by atoms with Crippen molar-refractivity contribution in [3.63, 3.8) is 0 Å². The molecule has 7 heteroatoms. The molecule has 9 heavy (non-hydrogen) atoms. The molecule has 0 amide bonds. The van der Waals surface area contributed by atoms with Crippen molar-refractivity contribution in [1.82, 2.24) is 0 Å². The van der Waals surface area contributed by atoms with E-state index in [1.807, 2.05) is 0 Å². The average molecular weight is 236 g/mol. The quantitative estimate of drug-likeness (QED) is 0.188. The van der Waals surface area contributed by atoms with Crippen molar-refractivity contribution in [3.8, 4) is 0 Å². The number of thiocarbonyl (C=S) groups is 1. The molecule has 0 aliphatic heterocycles. The normalized spacial score (nSPS) is 3.56. The van der Waals surface area contributed by atoms with E-state index in [-0.39, 0.29) is 35.4 Å². The number of isothiocyanates is 1. The first-order valence-electron chi connectivity index (χ1n) is 1.28. The molecule has 0 aromatic heterocycles. The molecule has 0 bridgehead atoms. The van der Waals surface area contributed by atoms with Crippen molar-refractivity contribution >= 4 is 52.8 Å².